The number of ketones is 2. The first-order valence-electron chi connectivity index (χ1n) is 7.48. The van der Waals surface area contributed by atoms with Gasteiger partial charge in [0.05, 0.1) is 24.4 Å². The fourth-order valence-corrected chi connectivity index (χ4v) is 3.77. The third-order valence-corrected chi connectivity index (χ3v) is 4.80. The van der Waals surface area contributed by atoms with Gasteiger partial charge in [-0.2, -0.15) is 0 Å². The molecular formula is C18H16NO3. The zero-order valence-electron chi connectivity index (χ0n) is 12.6. The third-order valence-electron chi connectivity index (χ3n) is 4.80. The summed E-state index contributed by atoms with van der Waals surface area (Å²) in [6.45, 7) is 1.54. The van der Waals surface area contributed by atoms with Crippen LogP contribution in [0.15, 0.2) is 35.4 Å². The number of carbonyl (C=O) groups is 2. The smallest absolute Gasteiger partial charge is 0.163 e. The molecule has 2 unspecified atom stereocenters. The van der Waals surface area contributed by atoms with Crippen LogP contribution in [0.4, 0.5) is 5.69 Å². The van der Waals surface area contributed by atoms with Crippen LogP contribution in [0, 0.1) is 0 Å². The summed E-state index contributed by atoms with van der Waals surface area (Å²) in [7, 11) is 1.56. The van der Waals surface area contributed by atoms with Crippen molar-refractivity contribution in [2.24, 2.45) is 0 Å². The highest BCUT2D eigenvalue weighted by Crippen LogP contribution is 2.49. The summed E-state index contributed by atoms with van der Waals surface area (Å²) in [6, 6.07) is 3.78. The van der Waals surface area contributed by atoms with Crippen molar-refractivity contribution in [2.45, 2.75) is 31.7 Å². The van der Waals surface area contributed by atoms with E-state index in [0.717, 1.165) is 23.2 Å². The number of hydrogen-bond acceptors (Lipinski definition) is 3. The Morgan fingerprint density at radius 3 is 2.86 bits per heavy atom. The quantitative estimate of drug-likeness (QED) is 0.788. The Bertz CT molecular complexity index is 773. The van der Waals surface area contributed by atoms with Gasteiger partial charge in [-0.1, -0.05) is 12.2 Å². The average Bonchev–Trinajstić information content (AvgIpc) is 3.05. The topological polar surface area (TPSA) is 57.5 Å². The SMILES string of the molecule is COc1cc2c(cc1C(C)=O)C1C3=C(C=CC1[N]2)C(=O)CC3. The molecule has 1 aromatic rings. The van der Waals surface area contributed by atoms with Crippen molar-refractivity contribution in [3.63, 3.8) is 0 Å². The minimum Gasteiger partial charge on any atom is -0.496 e. The molecule has 3 aliphatic rings. The zero-order chi connectivity index (χ0) is 15.4. The average molecular weight is 294 g/mol. The first-order valence-corrected chi connectivity index (χ1v) is 7.48. The minimum absolute atomic E-state index is 0.0221. The normalized spacial score (nSPS) is 24.7. The summed E-state index contributed by atoms with van der Waals surface area (Å²) in [5.41, 5.74) is 4.53. The fraction of sp³-hybridized carbons (Fsp3) is 0.333. The Morgan fingerprint density at radius 1 is 1.32 bits per heavy atom. The largest absolute Gasteiger partial charge is 0.496 e. The van der Waals surface area contributed by atoms with E-state index in [1.165, 1.54) is 5.57 Å². The molecule has 0 aromatic heterocycles. The van der Waals surface area contributed by atoms with Crippen LogP contribution >= 0.6 is 0 Å². The summed E-state index contributed by atoms with van der Waals surface area (Å²) in [6.07, 6.45) is 5.32. The van der Waals surface area contributed by atoms with E-state index in [4.69, 9.17) is 10.1 Å². The Balaban J connectivity index is 1.88. The highest BCUT2D eigenvalue weighted by atomic mass is 16.5. The predicted molar refractivity (Wildman–Crippen MR) is 81.7 cm³/mol. The van der Waals surface area contributed by atoms with E-state index in [9.17, 15) is 9.59 Å². The molecule has 0 N–H and O–H groups in total. The molecule has 0 spiro atoms. The summed E-state index contributed by atoms with van der Waals surface area (Å²) >= 11 is 0. The highest BCUT2D eigenvalue weighted by Gasteiger charge is 2.41. The molecule has 1 heterocycles. The number of fused-ring (bicyclic) bond motifs is 4. The number of Topliss-reactive ketones (excluding diaryl/α,β-unsaturated/α-hetero) is 2. The molecule has 1 aliphatic heterocycles. The maximum atomic E-state index is 12.0. The Morgan fingerprint density at radius 2 is 2.14 bits per heavy atom. The molecule has 0 saturated carbocycles. The van der Waals surface area contributed by atoms with Crippen LogP contribution in [0.2, 0.25) is 0 Å². The van der Waals surface area contributed by atoms with Crippen molar-refractivity contribution in [2.75, 3.05) is 7.11 Å². The van der Waals surface area contributed by atoms with Crippen molar-refractivity contribution < 1.29 is 14.3 Å². The van der Waals surface area contributed by atoms with Gasteiger partial charge >= 0.3 is 0 Å². The molecule has 0 saturated heterocycles. The second kappa shape index (κ2) is 4.57. The number of hydrogen-bond donors (Lipinski definition) is 0. The minimum atomic E-state index is -0.0221. The number of carbonyl (C=O) groups excluding carboxylic acids is 2. The van der Waals surface area contributed by atoms with Gasteiger partial charge in [0.1, 0.15) is 5.75 Å². The molecule has 0 amide bonds. The molecule has 0 fully saturated rings. The Labute approximate surface area is 128 Å². The van der Waals surface area contributed by atoms with Crippen LogP contribution < -0.4 is 10.1 Å². The lowest BCUT2D eigenvalue weighted by Gasteiger charge is -2.22. The second-order valence-corrected chi connectivity index (χ2v) is 5.99. The second-order valence-electron chi connectivity index (χ2n) is 5.99. The van der Waals surface area contributed by atoms with E-state index in [1.54, 1.807) is 14.0 Å². The molecular weight excluding hydrogens is 278 g/mol. The van der Waals surface area contributed by atoms with E-state index in [1.807, 2.05) is 24.3 Å². The van der Waals surface area contributed by atoms with Gasteiger partial charge in [-0.05, 0) is 30.5 Å². The van der Waals surface area contributed by atoms with Crippen LogP contribution in [0.25, 0.3) is 0 Å². The molecule has 4 heteroatoms. The zero-order valence-corrected chi connectivity index (χ0v) is 12.6. The van der Waals surface area contributed by atoms with Gasteiger partial charge in [-0.25, -0.2) is 0 Å². The number of benzene rings is 1. The van der Waals surface area contributed by atoms with Crippen LogP contribution in [0.5, 0.6) is 5.75 Å². The molecule has 0 bridgehead atoms. The summed E-state index contributed by atoms with van der Waals surface area (Å²) in [4.78, 5) is 23.8. The van der Waals surface area contributed by atoms with Gasteiger partial charge in [0, 0.05) is 24.0 Å². The first kappa shape index (κ1) is 13.3. The Hall–Kier alpha value is -2.36. The van der Waals surface area contributed by atoms with Gasteiger partial charge in [0.15, 0.2) is 11.6 Å². The van der Waals surface area contributed by atoms with Gasteiger partial charge in [0.2, 0.25) is 0 Å². The maximum Gasteiger partial charge on any atom is 0.163 e. The fourth-order valence-electron chi connectivity index (χ4n) is 3.77. The lowest BCUT2D eigenvalue weighted by atomic mass is 9.81. The van der Waals surface area contributed by atoms with E-state index >= 15 is 0 Å². The van der Waals surface area contributed by atoms with Crippen LogP contribution in [0.1, 0.15) is 41.6 Å². The van der Waals surface area contributed by atoms with E-state index < -0.39 is 0 Å². The van der Waals surface area contributed by atoms with Gasteiger partial charge in [0.25, 0.3) is 0 Å². The van der Waals surface area contributed by atoms with Crippen LogP contribution in [0.3, 0.4) is 0 Å². The molecule has 111 valence electrons. The van der Waals surface area contributed by atoms with Gasteiger partial charge in [-0.15, -0.1) is 0 Å². The van der Waals surface area contributed by atoms with E-state index in [2.05, 4.69) is 0 Å². The van der Waals surface area contributed by atoms with Crippen molar-refractivity contribution in [3.05, 3.63) is 46.6 Å². The maximum absolute atomic E-state index is 12.0. The number of methoxy groups -OCH3 is 1. The van der Waals surface area contributed by atoms with Crippen molar-refractivity contribution in [1.29, 1.82) is 0 Å². The lowest BCUT2D eigenvalue weighted by Crippen LogP contribution is -2.21. The molecule has 4 nitrogen and oxygen atoms in total. The van der Waals surface area contributed by atoms with Crippen LogP contribution in [-0.2, 0) is 4.79 Å². The number of ether oxygens (including phenoxy) is 1. The molecule has 22 heavy (non-hydrogen) atoms. The van der Waals surface area contributed by atoms with E-state index in [-0.39, 0.29) is 23.5 Å². The lowest BCUT2D eigenvalue weighted by molar-refractivity contribution is -0.114. The molecule has 1 aromatic carbocycles. The van der Waals surface area contributed by atoms with Crippen molar-refractivity contribution in [3.8, 4) is 5.75 Å². The van der Waals surface area contributed by atoms with E-state index in [0.29, 0.717) is 17.7 Å². The predicted octanol–water partition coefficient (Wildman–Crippen LogP) is 2.83. The Kier molecular flexibility index (Phi) is 2.76. The standard InChI is InChI=1S/C18H16NO3/c1-9(20)12-7-13-15(8-17(12)22-2)19-14-5-3-10-11(18(13)14)4-6-16(10)21/h3,5,7-8,14,18H,4,6H2,1-2H3. The molecule has 2 atom stereocenters. The highest BCUT2D eigenvalue weighted by molar-refractivity contribution is 6.02. The van der Waals surface area contributed by atoms with Crippen molar-refractivity contribution >= 4 is 17.3 Å². The summed E-state index contributed by atoms with van der Waals surface area (Å²) < 4.78 is 5.32. The first-order chi connectivity index (χ1) is 10.6. The number of allylic oxidation sites excluding steroid dienone is 2. The molecule has 4 rings (SSSR count). The van der Waals surface area contributed by atoms with Crippen LogP contribution in [-0.4, -0.2) is 24.7 Å². The summed E-state index contributed by atoms with van der Waals surface area (Å²) in [5, 5.41) is 4.74. The summed E-state index contributed by atoms with van der Waals surface area (Å²) in [5.74, 6) is 0.865. The monoisotopic (exact) mass is 294 g/mol. The van der Waals surface area contributed by atoms with Gasteiger partial charge < -0.3 is 4.74 Å². The molecule has 2 aliphatic carbocycles. The van der Waals surface area contributed by atoms with Crippen molar-refractivity contribution in [1.82, 2.24) is 5.32 Å². The number of nitrogens with zero attached hydrogens (tertiary/aromatic N) is 1. The third kappa shape index (κ3) is 1.70. The van der Waals surface area contributed by atoms with Gasteiger partial charge in [-0.3, -0.25) is 14.9 Å². The molecule has 1 radical (unpaired) electrons. The number of rotatable bonds is 2.